The third-order valence-electron chi connectivity index (χ3n) is 8.10. The maximum absolute atomic E-state index is 15.3. The smallest absolute Gasteiger partial charge is 0.273 e. The minimum absolute atomic E-state index is 0.0230. The predicted octanol–water partition coefficient (Wildman–Crippen LogP) is 2.96. The number of nitrogens with zero attached hydrogens (tertiary/aromatic N) is 7. The highest BCUT2D eigenvalue weighted by atomic mass is 19.1. The second kappa shape index (κ2) is 8.97. The van der Waals surface area contributed by atoms with Gasteiger partial charge in [-0.2, -0.15) is 5.26 Å². The molecule has 3 aliphatic rings. The van der Waals surface area contributed by atoms with Gasteiger partial charge < -0.3 is 5.32 Å². The highest BCUT2D eigenvalue weighted by molar-refractivity contribution is 5.99. The molecule has 6 rings (SSSR count). The molecule has 194 valence electrons. The van der Waals surface area contributed by atoms with Crippen molar-refractivity contribution in [3.63, 3.8) is 0 Å². The predicted molar refractivity (Wildman–Crippen MR) is 134 cm³/mol. The first kappa shape index (κ1) is 24.2. The van der Waals surface area contributed by atoms with Crippen LogP contribution in [0.4, 0.5) is 10.2 Å². The monoisotopic (exact) mass is 514 g/mol. The van der Waals surface area contributed by atoms with Crippen LogP contribution < -0.4 is 10.2 Å². The number of rotatable bonds is 6. The molecule has 0 aromatic carbocycles. The molecule has 38 heavy (non-hydrogen) atoms. The summed E-state index contributed by atoms with van der Waals surface area (Å²) >= 11 is 0. The minimum Gasteiger partial charge on any atom is -0.348 e. The molecular weight excluding hydrogens is 487 g/mol. The van der Waals surface area contributed by atoms with Crippen LogP contribution in [0.2, 0.25) is 0 Å². The molecule has 2 amide bonds. The van der Waals surface area contributed by atoms with Crippen molar-refractivity contribution in [3.05, 3.63) is 64.1 Å². The van der Waals surface area contributed by atoms with E-state index in [0.717, 1.165) is 17.8 Å². The molecule has 1 aliphatic heterocycles. The lowest BCUT2D eigenvalue weighted by Gasteiger charge is -2.35. The summed E-state index contributed by atoms with van der Waals surface area (Å²) in [5, 5.41) is 20.5. The fraction of sp³-hybridized carbons (Fsp3) is 0.444. The van der Waals surface area contributed by atoms with Crippen LogP contribution in [-0.2, 0) is 4.79 Å². The molecule has 3 fully saturated rings. The van der Waals surface area contributed by atoms with Gasteiger partial charge in [-0.05, 0) is 63.6 Å². The lowest BCUT2D eigenvalue weighted by molar-refractivity contribution is -0.118. The van der Waals surface area contributed by atoms with Gasteiger partial charge >= 0.3 is 0 Å². The average Bonchev–Trinajstić information content (AvgIpc) is 3.33. The third-order valence-corrected chi connectivity index (χ3v) is 8.10. The number of hydrogen-bond acceptors (Lipinski definition) is 7. The first-order valence-corrected chi connectivity index (χ1v) is 12.8. The molecule has 0 radical (unpaired) electrons. The normalized spacial score (nSPS) is 24.4. The van der Waals surface area contributed by atoms with Gasteiger partial charge in [0.15, 0.2) is 17.3 Å². The number of nitrogens with one attached hydrogen (secondary N) is 1. The molecule has 0 unspecified atom stereocenters. The Hall–Kier alpha value is -4.20. The standard InChI is InChI=1S/C27H27FN8O2/c1-13-4-5-16(9-29)24(31-13)17-6-19(7-17)32-26(37)22-12-36(34-33-22)15(3)21-10-30-25(23(28)14(21)2)35-11-18-8-20(18)27(35)38/h4-5,10,12,15,17-20H,6-8,11H2,1-3H3,(H,32,37)/t15-,17?,18+,19?,20+/m0/s1. The van der Waals surface area contributed by atoms with Crippen molar-refractivity contribution < 1.29 is 14.0 Å². The van der Waals surface area contributed by atoms with Crippen LogP contribution in [0.3, 0.4) is 0 Å². The van der Waals surface area contributed by atoms with Crippen LogP contribution in [0.25, 0.3) is 0 Å². The largest absolute Gasteiger partial charge is 0.348 e. The Balaban J connectivity index is 1.11. The maximum Gasteiger partial charge on any atom is 0.273 e. The van der Waals surface area contributed by atoms with Gasteiger partial charge in [0.1, 0.15) is 6.07 Å². The molecule has 3 atom stereocenters. The number of aromatic nitrogens is 5. The molecule has 3 aromatic heterocycles. The van der Waals surface area contributed by atoms with Gasteiger partial charge in [0.25, 0.3) is 5.91 Å². The average molecular weight is 515 g/mol. The van der Waals surface area contributed by atoms with Crippen LogP contribution in [0.15, 0.2) is 24.5 Å². The molecule has 4 heterocycles. The summed E-state index contributed by atoms with van der Waals surface area (Å²) < 4.78 is 16.8. The van der Waals surface area contributed by atoms with Crippen LogP contribution in [0, 0.1) is 42.8 Å². The number of piperidine rings is 1. The van der Waals surface area contributed by atoms with Crippen molar-refractivity contribution in [1.29, 1.82) is 5.26 Å². The van der Waals surface area contributed by atoms with E-state index < -0.39 is 11.9 Å². The summed E-state index contributed by atoms with van der Waals surface area (Å²) in [7, 11) is 0. The lowest BCUT2D eigenvalue weighted by atomic mass is 9.76. The van der Waals surface area contributed by atoms with E-state index in [9.17, 15) is 14.9 Å². The van der Waals surface area contributed by atoms with E-state index in [-0.39, 0.29) is 41.2 Å². The summed E-state index contributed by atoms with van der Waals surface area (Å²) in [5.74, 6) is -0.350. The van der Waals surface area contributed by atoms with Gasteiger partial charge in [-0.25, -0.2) is 14.1 Å². The summed E-state index contributed by atoms with van der Waals surface area (Å²) in [5.41, 5.74) is 3.36. The van der Waals surface area contributed by atoms with Crippen molar-refractivity contribution in [1.82, 2.24) is 30.3 Å². The molecule has 0 spiro atoms. The molecule has 1 saturated heterocycles. The highest BCUT2D eigenvalue weighted by Crippen LogP contribution is 2.47. The molecule has 10 nitrogen and oxygen atoms in total. The zero-order chi connectivity index (χ0) is 26.7. The minimum atomic E-state index is -0.510. The van der Waals surface area contributed by atoms with Crippen molar-refractivity contribution in [2.24, 2.45) is 11.8 Å². The Bertz CT molecular complexity index is 1510. The highest BCUT2D eigenvalue weighted by Gasteiger charge is 2.53. The fourth-order valence-corrected chi connectivity index (χ4v) is 5.57. The summed E-state index contributed by atoms with van der Waals surface area (Å²) in [6.45, 7) is 5.90. The Morgan fingerprint density at radius 1 is 1.26 bits per heavy atom. The van der Waals surface area contributed by atoms with Crippen LogP contribution in [0.5, 0.6) is 0 Å². The molecular formula is C27H27FN8O2. The number of anilines is 1. The first-order valence-electron chi connectivity index (χ1n) is 12.8. The van der Waals surface area contributed by atoms with E-state index in [1.54, 1.807) is 19.2 Å². The number of pyridine rings is 2. The number of fused-ring (bicyclic) bond motifs is 1. The molecule has 1 N–H and O–H groups in total. The topological polar surface area (TPSA) is 130 Å². The number of carbonyl (C=O) groups excluding carboxylic acids is 2. The van der Waals surface area contributed by atoms with Gasteiger partial charge in [0.2, 0.25) is 5.91 Å². The number of nitriles is 1. The first-order chi connectivity index (χ1) is 18.2. The number of aryl methyl sites for hydroxylation is 1. The van der Waals surface area contributed by atoms with E-state index >= 15 is 4.39 Å². The molecule has 3 aromatic rings. The van der Waals surface area contributed by atoms with Gasteiger partial charge in [0.05, 0.1) is 23.5 Å². The van der Waals surface area contributed by atoms with E-state index in [1.165, 1.54) is 15.8 Å². The van der Waals surface area contributed by atoms with Crippen molar-refractivity contribution in [2.75, 3.05) is 11.4 Å². The second-order valence-corrected chi connectivity index (χ2v) is 10.6. The van der Waals surface area contributed by atoms with Gasteiger partial charge in [-0.1, -0.05) is 5.21 Å². The van der Waals surface area contributed by atoms with Crippen molar-refractivity contribution in [2.45, 2.75) is 58.0 Å². The Morgan fingerprint density at radius 2 is 2.05 bits per heavy atom. The Kier molecular flexibility index (Phi) is 5.70. The quantitative estimate of drug-likeness (QED) is 0.535. The van der Waals surface area contributed by atoms with Crippen LogP contribution >= 0.6 is 0 Å². The lowest BCUT2D eigenvalue weighted by Crippen LogP contribution is -2.43. The number of carbonyl (C=O) groups is 2. The molecule has 2 aliphatic carbocycles. The SMILES string of the molecule is Cc1ccc(C#N)c(C2CC(NC(=O)c3cn([C@@H](C)c4cnc(N5C[C@H]6C[C@H]6C5=O)c(F)c4C)nn3)C2)n1. The second-order valence-electron chi connectivity index (χ2n) is 10.6. The summed E-state index contributed by atoms with van der Waals surface area (Å²) in [6, 6.07) is 5.33. The van der Waals surface area contributed by atoms with Crippen molar-refractivity contribution in [3.8, 4) is 6.07 Å². The maximum atomic E-state index is 15.3. The van der Waals surface area contributed by atoms with Gasteiger partial charge in [0, 0.05) is 41.9 Å². The van der Waals surface area contributed by atoms with Gasteiger partial charge in [-0.3, -0.25) is 19.5 Å². The number of halogens is 1. The van der Waals surface area contributed by atoms with E-state index in [4.69, 9.17) is 0 Å². The number of hydrogen-bond donors (Lipinski definition) is 1. The van der Waals surface area contributed by atoms with E-state index in [0.29, 0.717) is 42.0 Å². The van der Waals surface area contributed by atoms with E-state index in [1.807, 2.05) is 19.9 Å². The van der Waals surface area contributed by atoms with Crippen molar-refractivity contribution >= 4 is 17.6 Å². The summed E-state index contributed by atoms with van der Waals surface area (Å²) in [4.78, 5) is 35.5. The molecule has 11 heteroatoms. The van der Waals surface area contributed by atoms with Crippen LogP contribution in [0.1, 0.15) is 76.7 Å². The Morgan fingerprint density at radius 3 is 2.76 bits per heavy atom. The zero-order valence-electron chi connectivity index (χ0n) is 21.3. The van der Waals surface area contributed by atoms with E-state index in [2.05, 4.69) is 31.7 Å². The third kappa shape index (κ3) is 4.00. The number of amides is 2. The fourth-order valence-electron chi connectivity index (χ4n) is 5.57. The Labute approximate surface area is 218 Å². The molecule has 2 saturated carbocycles. The zero-order valence-corrected chi connectivity index (χ0v) is 21.3. The van der Waals surface area contributed by atoms with Crippen LogP contribution in [-0.4, -0.2) is 49.4 Å². The summed E-state index contributed by atoms with van der Waals surface area (Å²) in [6.07, 6.45) is 5.38. The molecule has 0 bridgehead atoms. The van der Waals surface area contributed by atoms with Gasteiger partial charge in [-0.15, -0.1) is 5.10 Å².